The molecule has 104 valence electrons. The van der Waals surface area contributed by atoms with E-state index in [1.165, 1.54) is 30.7 Å². The molecule has 1 atom stereocenters. The minimum Gasteiger partial charge on any atom is -0.312 e. The molecule has 0 spiro atoms. The molecule has 0 radical (unpaired) electrons. The number of nitrogens with zero attached hydrogens (tertiary/aromatic N) is 2. The zero-order valence-electron chi connectivity index (χ0n) is 12.5. The first-order chi connectivity index (χ1) is 8.74. The summed E-state index contributed by atoms with van der Waals surface area (Å²) in [5.41, 5.74) is 2.59. The van der Waals surface area contributed by atoms with Gasteiger partial charge in [0.25, 0.3) is 0 Å². The van der Waals surface area contributed by atoms with Crippen molar-refractivity contribution in [3.63, 3.8) is 0 Å². The quantitative estimate of drug-likeness (QED) is 0.730. The summed E-state index contributed by atoms with van der Waals surface area (Å²) in [7, 11) is 0. The minimum atomic E-state index is 0.560. The van der Waals surface area contributed by atoms with Crippen molar-refractivity contribution in [1.82, 2.24) is 15.1 Å². The van der Waals surface area contributed by atoms with Gasteiger partial charge in [-0.3, -0.25) is 4.68 Å². The van der Waals surface area contributed by atoms with E-state index in [0.717, 1.165) is 25.9 Å². The van der Waals surface area contributed by atoms with Gasteiger partial charge in [-0.15, -0.1) is 0 Å². The Morgan fingerprint density at radius 3 is 2.50 bits per heavy atom. The van der Waals surface area contributed by atoms with Crippen molar-refractivity contribution in [1.29, 1.82) is 0 Å². The SMILES string of the molecule is CCCNC(CCC)Cn1nc(CC)cc1CC. The molecule has 0 amide bonds. The van der Waals surface area contributed by atoms with Gasteiger partial charge in [0, 0.05) is 11.7 Å². The Morgan fingerprint density at radius 2 is 1.94 bits per heavy atom. The van der Waals surface area contributed by atoms with Crippen LogP contribution in [0, 0.1) is 0 Å². The molecule has 0 aromatic carbocycles. The maximum atomic E-state index is 4.71. The molecule has 0 bridgehead atoms. The van der Waals surface area contributed by atoms with Crippen molar-refractivity contribution in [3.8, 4) is 0 Å². The van der Waals surface area contributed by atoms with Crippen molar-refractivity contribution >= 4 is 0 Å². The first-order valence-electron chi connectivity index (χ1n) is 7.54. The number of hydrogen-bond acceptors (Lipinski definition) is 2. The summed E-state index contributed by atoms with van der Waals surface area (Å²) >= 11 is 0. The fourth-order valence-electron chi connectivity index (χ4n) is 2.29. The smallest absolute Gasteiger partial charge is 0.0624 e. The molecule has 3 heteroatoms. The molecule has 0 saturated heterocycles. The van der Waals surface area contributed by atoms with Crippen LogP contribution in [0.4, 0.5) is 0 Å². The zero-order valence-corrected chi connectivity index (χ0v) is 12.5. The van der Waals surface area contributed by atoms with Crippen LogP contribution in [0.2, 0.25) is 0 Å². The maximum absolute atomic E-state index is 4.71. The van der Waals surface area contributed by atoms with Gasteiger partial charge in [0.1, 0.15) is 0 Å². The molecule has 1 unspecified atom stereocenters. The van der Waals surface area contributed by atoms with Crippen LogP contribution in [0.5, 0.6) is 0 Å². The second-order valence-corrected chi connectivity index (χ2v) is 4.96. The van der Waals surface area contributed by atoms with Gasteiger partial charge in [0.15, 0.2) is 0 Å². The molecular weight excluding hydrogens is 222 g/mol. The van der Waals surface area contributed by atoms with Crippen LogP contribution in [0.1, 0.15) is 58.3 Å². The van der Waals surface area contributed by atoms with Gasteiger partial charge in [-0.05, 0) is 38.3 Å². The van der Waals surface area contributed by atoms with Gasteiger partial charge in [-0.1, -0.05) is 34.1 Å². The molecule has 1 aromatic heterocycles. The Bertz CT molecular complexity index is 330. The first kappa shape index (κ1) is 15.2. The van der Waals surface area contributed by atoms with Crippen LogP contribution in [0.3, 0.4) is 0 Å². The van der Waals surface area contributed by atoms with Gasteiger partial charge < -0.3 is 5.32 Å². The zero-order chi connectivity index (χ0) is 13.4. The van der Waals surface area contributed by atoms with Crippen LogP contribution in [-0.2, 0) is 19.4 Å². The maximum Gasteiger partial charge on any atom is 0.0624 e. The molecule has 18 heavy (non-hydrogen) atoms. The van der Waals surface area contributed by atoms with Gasteiger partial charge in [0.2, 0.25) is 0 Å². The highest BCUT2D eigenvalue weighted by Gasteiger charge is 2.11. The minimum absolute atomic E-state index is 0.560. The summed E-state index contributed by atoms with van der Waals surface area (Å²) in [5.74, 6) is 0. The van der Waals surface area contributed by atoms with Crippen LogP contribution in [0.15, 0.2) is 6.07 Å². The van der Waals surface area contributed by atoms with E-state index in [1.807, 2.05) is 0 Å². The van der Waals surface area contributed by atoms with E-state index in [4.69, 9.17) is 5.10 Å². The number of nitrogens with one attached hydrogen (secondary N) is 1. The largest absolute Gasteiger partial charge is 0.312 e. The number of rotatable bonds is 9. The third-order valence-corrected chi connectivity index (χ3v) is 3.35. The summed E-state index contributed by atoms with van der Waals surface area (Å²) in [6.45, 7) is 11.0. The monoisotopic (exact) mass is 251 g/mol. The standard InChI is InChI=1S/C15H29N3/c1-5-9-14(16-10-6-2)12-18-15(8-4)11-13(7-3)17-18/h11,14,16H,5-10,12H2,1-4H3. The Hall–Kier alpha value is -0.830. The van der Waals surface area contributed by atoms with Crippen molar-refractivity contribution in [2.75, 3.05) is 6.54 Å². The van der Waals surface area contributed by atoms with Crippen molar-refractivity contribution < 1.29 is 0 Å². The van der Waals surface area contributed by atoms with E-state index in [-0.39, 0.29) is 0 Å². The first-order valence-corrected chi connectivity index (χ1v) is 7.54. The molecule has 0 aliphatic carbocycles. The van der Waals surface area contributed by atoms with E-state index < -0.39 is 0 Å². The molecule has 1 heterocycles. The Kier molecular flexibility index (Phi) is 7.02. The van der Waals surface area contributed by atoms with Crippen LogP contribution < -0.4 is 5.32 Å². The summed E-state index contributed by atoms with van der Waals surface area (Å²) in [4.78, 5) is 0. The number of aromatic nitrogens is 2. The summed E-state index contributed by atoms with van der Waals surface area (Å²) in [6, 6.07) is 2.81. The Morgan fingerprint density at radius 1 is 1.17 bits per heavy atom. The van der Waals surface area contributed by atoms with E-state index in [2.05, 4.69) is 43.8 Å². The predicted octanol–water partition coefficient (Wildman–Crippen LogP) is 3.18. The lowest BCUT2D eigenvalue weighted by Crippen LogP contribution is -2.34. The fraction of sp³-hybridized carbons (Fsp3) is 0.800. The summed E-state index contributed by atoms with van der Waals surface area (Å²) in [5, 5.41) is 8.34. The lowest BCUT2D eigenvalue weighted by molar-refractivity contribution is 0.395. The number of hydrogen-bond donors (Lipinski definition) is 1. The highest BCUT2D eigenvalue weighted by atomic mass is 15.3. The summed E-state index contributed by atoms with van der Waals surface area (Å²) in [6.07, 6.45) is 5.75. The molecule has 1 aromatic rings. The molecule has 3 nitrogen and oxygen atoms in total. The molecule has 0 aliphatic rings. The van der Waals surface area contributed by atoms with Crippen molar-refractivity contribution in [2.45, 2.75) is 72.4 Å². The normalized spacial score (nSPS) is 12.9. The van der Waals surface area contributed by atoms with Crippen LogP contribution in [-0.4, -0.2) is 22.4 Å². The van der Waals surface area contributed by atoms with Crippen LogP contribution >= 0.6 is 0 Å². The van der Waals surface area contributed by atoms with Crippen LogP contribution in [0.25, 0.3) is 0 Å². The molecular formula is C15H29N3. The predicted molar refractivity (Wildman–Crippen MR) is 78.0 cm³/mol. The second kappa shape index (κ2) is 8.30. The third-order valence-electron chi connectivity index (χ3n) is 3.35. The molecule has 0 aliphatic heterocycles. The molecule has 0 saturated carbocycles. The Balaban J connectivity index is 2.68. The van der Waals surface area contributed by atoms with E-state index in [0.29, 0.717) is 6.04 Å². The van der Waals surface area contributed by atoms with Crippen molar-refractivity contribution in [2.24, 2.45) is 0 Å². The number of aryl methyl sites for hydroxylation is 2. The van der Waals surface area contributed by atoms with Gasteiger partial charge in [-0.25, -0.2) is 0 Å². The molecule has 1 N–H and O–H groups in total. The van der Waals surface area contributed by atoms with Gasteiger partial charge >= 0.3 is 0 Å². The average molecular weight is 251 g/mol. The van der Waals surface area contributed by atoms with E-state index in [1.54, 1.807) is 0 Å². The van der Waals surface area contributed by atoms with E-state index in [9.17, 15) is 0 Å². The summed E-state index contributed by atoms with van der Waals surface area (Å²) < 4.78 is 2.21. The highest BCUT2D eigenvalue weighted by molar-refractivity contribution is 5.10. The Labute approximate surface area is 112 Å². The van der Waals surface area contributed by atoms with Crippen molar-refractivity contribution in [3.05, 3.63) is 17.5 Å². The van der Waals surface area contributed by atoms with E-state index >= 15 is 0 Å². The topological polar surface area (TPSA) is 29.9 Å². The lowest BCUT2D eigenvalue weighted by Gasteiger charge is -2.19. The third kappa shape index (κ3) is 4.45. The lowest BCUT2D eigenvalue weighted by atomic mass is 10.1. The molecule has 1 rings (SSSR count). The molecule has 0 fully saturated rings. The second-order valence-electron chi connectivity index (χ2n) is 4.96. The van der Waals surface area contributed by atoms with Gasteiger partial charge in [-0.2, -0.15) is 5.10 Å². The average Bonchev–Trinajstić information content (AvgIpc) is 2.78. The van der Waals surface area contributed by atoms with Gasteiger partial charge in [0.05, 0.1) is 12.2 Å². The fourth-order valence-corrected chi connectivity index (χ4v) is 2.29. The highest BCUT2D eigenvalue weighted by Crippen LogP contribution is 2.09.